The van der Waals surface area contributed by atoms with Crippen molar-refractivity contribution < 1.29 is 19.8 Å². The maximum atomic E-state index is 11.8. The molecule has 0 radical (unpaired) electrons. The first-order chi connectivity index (χ1) is 8.45. The fourth-order valence-electron chi connectivity index (χ4n) is 1.48. The largest absolute Gasteiger partial charge is 0.507 e. The number of aromatic hydroxyl groups is 1. The van der Waals surface area contributed by atoms with E-state index in [0.717, 1.165) is 0 Å². The molecule has 1 amide bonds. The monoisotopic (exact) mass is 315 g/mol. The number of amides is 1. The van der Waals surface area contributed by atoms with Crippen LogP contribution in [0.15, 0.2) is 22.7 Å². The van der Waals surface area contributed by atoms with Crippen molar-refractivity contribution in [1.82, 2.24) is 5.32 Å². The minimum absolute atomic E-state index is 0.0561. The van der Waals surface area contributed by atoms with Crippen molar-refractivity contribution in [3.63, 3.8) is 0 Å². The van der Waals surface area contributed by atoms with Gasteiger partial charge in [0.15, 0.2) is 0 Å². The van der Waals surface area contributed by atoms with Gasteiger partial charge >= 0.3 is 5.97 Å². The normalized spacial score (nSPS) is 11.9. The third-order valence-electron chi connectivity index (χ3n) is 2.39. The highest BCUT2D eigenvalue weighted by molar-refractivity contribution is 9.10. The zero-order valence-corrected chi connectivity index (χ0v) is 11.4. The molecule has 0 saturated heterocycles. The van der Waals surface area contributed by atoms with Crippen LogP contribution in [0.3, 0.4) is 0 Å². The van der Waals surface area contributed by atoms with Crippen molar-refractivity contribution in [3.8, 4) is 5.75 Å². The van der Waals surface area contributed by atoms with Crippen molar-refractivity contribution in [1.29, 1.82) is 0 Å². The van der Waals surface area contributed by atoms with Gasteiger partial charge in [-0.1, -0.05) is 29.3 Å². The zero-order valence-electron chi connectivity index (χ0n) is 9.81. The quantitative estimate of drug-likeness (QED) is 0.777. The van der Waals surface area contributed by atoms with Crippen molar-refractivity contribution in [3.05, 3.63) is 28.2 Å². The fourth-order valence-corrected chi connectivity index (χ4v) is 1.83. The van der Waals surface area contributed by atoms with Gasteiger partial charge in [-0.15, -0.1) is 0 Å². The van der Waals surface area contributed by atoms with E-state index in [0.29, 0.717) is 17.3 Å². The molecule has 3 N–H and O–H groups in total. The molecule has 1 rings (SSSR count). The van der Waals surface area contributed by atoms with Gasteiger partial charge in [-0.05, 0) is 24.6 Å². The number of carboxylic acid groups (broad SMARTS) is 1. The molecule has 5 nitrogen and oxygen atoms in total. The minimum atomic E-state index is -1.08. The Morgan fingerprint density at radius 1 is 1.44 bits per heavy atom. The number of halogens is 1. The van der Waals surface area contributed by atoms with Gasteiger partial charge in [0, 0.05) is 4.47 Å². The highest BCUT2D eigenvalue weighted by atomic mass is 79.9. The summed E-state index contributed by atoms with van der Waals surface area (Å²) in [6, 6.07) is 3.47. The number of rotatable bonds is 5. The highest BCUT2D eigenvalue weighted by Gasteiger charge is 2.21. The fraction of sp³-hybridized carbons (Fsp3) is 0.333. The molecule has 1 atom stereocenters. The van der Waals surface area contributed by atoms with Crippen LogP contribution in [-0.2, 0) is 4.79 Å². The van der Waals surface area contributed by atoms with E-state index in [1.54, 1.807) is 6.07 Å². The average Bonchev–Trinajstić information content (AvgIpc) is 2.27. The van der Waals surface area contributed by atoms with Crippen LogP contribution < -0.4 is 5.32 Å². The first kappa shape index (κ1) is 14.5. The summed E-state index contributed by atoms with van der Waals surface area (Å²) in [6.45, 7) is 1.83. The van der Waals surface area contributed by atoms with E-state index in [1.807, 2.05) is 6.92 Å². The van der Waals surface area contributed by atoms with Gasteiger partial charge < -0.3 is 15.5 Å². The van der Waals surface area contributed by atoms with Crippen LogP contribution in [0.25, 0.3) is 0 Å². The summed E-state index contributed by atoms with van der Waals surface area (Å²) in [5, 5.41) is 20.9. The van der Waals surface area contributed by atoms with E-state index in [-0.39, 0.29) is 11.3 Å². The molecule has 1 aromatic carbocycles. The maximum Gasteiger partial charge on any atom is 0.326 e. The SMILES string of the molecule is CCC[C@@H](NC(=O)c1ccc(Br)cc1O)C(=O)O. The van der Waals surface area contributed by atoms with Gasteiger partial charge in [0.2, 0.25) is 0 Å². The topological polar surface area (TPSA) is 86.6 Å². The average molecular weight is 316 g/mol. The summed E-state index contributed by atoms with van der Waals surface area (Å²) < 4.78 is 0.639. The third kappa shape index (κ3) is 3.73. The number of phenols is 1. The summed E-state index contributed by atoms with van der Waals surface area (Å²) in [4.78, 5) is 22.7. The summed E-state index contributed by atoms with van der Waals surface area (Å²) >= 11 is 3.16. The van der Waals surface area contributed by atoms with Crippen molar-refractivity contribution >= 4 is 27.8 Å². The van der Waals surface area contributed by atoms with Crippen LogP contribution >= 0.6 is 15.9 Å². The lowest BCUT2D eigenvalue weighted by Gasteiger charge is -2.14. The molecule has 6 heteroatoms. The van der Waals surface area contributed by atoms with Crippen LogP contribution in [0.5, 0.6) is 5.75 Å². The molecule has 1 aromatic rings. The lowest BCUT2D eigenvalue weighted by molar-refractivity contribution is -0.139. The molecule has 98 valence electrons. The molecule has 0 unspecified atom stereocenters. The molecule has 0 aliphatic rings. The van der Waals surface area contributed by atoms with E-state index in [2.05, 4.69) is 21.2 Å². The number of hydrogen-bond donors (Lipinski definition) is 3. The van der Waals surface area contributed by atoms with Crippen LogP contribution in [0.1, 0.15) is 30.1 Å². The van der Waals surface area contributed by atoms with Gasteiger partial charge in [0.1, 0.15) is 11.8 Å². The Labute approximate surface area is 113 Å². The van der Waals surface area contributed by atoms with Crippen molar-refractivity contribution in [2.75, 3.05) is 0 Å². The molecule has 0 fully saturated rings. The number of benzene rings is 1. The maximum absolute atomic E-state index is 11.8. The number of nitrogens with one attached hydrogen (secondary N) is 1. The number of aliphatic carboxylic acids is 1. The molecule has 0 bridgehead atoms. The predicted molar refractivity (Wildman–Crippen MR) is 69.6 cm³/mol. The molecular formula is C12H14BrNO4. The van der Waals surface area contributed by atoms with Crippen molar-refractivity contribution in [2.45, 2.75) is 25.8 Å². The Bertz CT molecular complexity index is 461. The van der Waals surface area contributed by atoms with E-state index in [1.165, 1.54) is 12.1 Å². The third-order valence-corrected chi connectivity index (χ3v) is 2.88. The number of phenolic OH excluding ortho intramolecular Hbond substituents is 1. The number of carbonyl (C=O) groups is 2. The smallest absolute Gasteiger partial charge is 0.326 e. The van der Waals surface area contributed by atoms with Crippen LogP contribution in [0, 0.1) is 0 Å². The van der Waals surface area contributed by atoms with E-state index < -0.39 is 17.9 Å². The second kappa shape index (κ2) is 6.39. The lowest BCUT2D eigenvalue weighted by atomic mass is 10.1. The summed E-state index contributed by atoms with van der Waals surface area (Å²) in [7, 11) is 0. The van der Waals surface area contributed by atoms with Gasteiger partial charge in [-0.25, -0.2) is 4.79 Å². The van der Waals surface area contributed by atoms with Gasteiger partial charge in [0.05, 0.1) is 5.56 Å². The second-order valence-corrected chi connectivity index (χ2v) is 4.73. The molecule has 0 aliphatic carbocycles. The van der Waals surface area contributed by atoms with Crippen molar-refractivity contribution in [2.24, 2.45) is 0 Å². The van der Waals surface area contributed by atoms with Crippen LogP contribution in [-0.4, -0.2) is 28.1 Å². The van der Waals surface area contributed by atoms with Crippen LogP contribution in [0.2, 0.25) is 0 Å². The summed E-state index contributed by atoms with van der Waals surface area (Å²) in [6.07, 6.45) is 0.988. The van der Waals surface area contributed by atoms with E-state index >= 15 is 0 Å². The Kier molecular flexibility index (Phi) is 5.15. The van der Waals surface area contributed by atoms with E-state index in [9.17, 15) is 14.7 Å². The molecular weight excluding hydrogens is 302 g/mol. The molecule has 0 aromatic heterocycles. The first-order valence-electron chi connectivity index (χ1n) is 5.48. The Balaban J connectivity index is 2.83. The number of hydrogen-bond acceptors (Lipinski definition) is 3. The Morgan fingerprint density at radius 2 is 2.11 bits per heavy atom. The first-order valence-corrected chi connectivity index (χ1v) is 6.27. The van der Waals surface area contributed by atoms with Crippen LogP contribution in [0.4, 0.5) is 0 Å². The van der Waals surface area contributed by atoms with Gasteiger partial charge in [-0.2, -0.15) is 0 Å². The minimum Gasteiger partial charge on any atom is -0.507 e. The lowest BCUT2D eigenvalue weighted by Crippen LogP contribution is -2.40. The number of carboxylic acids is 1. The molecule has 0 heterocycles. The standard InChI is InChI=1S/C12H14BrNO4/c1-2-3-9(12(17)18)14-11(16)8-5-4-7(13)6-10(8)15/h4-6,9,15H,2-3H2,1H3,(H,14,16)(H,17,18)/t9-/m1/s1. The second-order valence-electron chi connectivity index (χ2n) is 3.81. The van der Waals surface area contributed by atoms with Gasteiger partial charge in [-0.3, -0.25) is 4.79 Å². The van der Waals surface area contributed by atoms with Gasteiger partial charge in [0.25, 0.3) is 5.91 Å². The zero-order chi connectivity index (χ0) is 13.7. The predicted octanol–water partition coefficient (Wildman–Crippen LogP) is 2.14. The molecule has 0 saturated carbocycles. The number of carbonyl (C=O) groups excluding carboxylic acids is 1. The Morgan fingerprint density at radius 3 is 2.61 bits per heavy atom. The highest BCUT2D eigenvalue weighted by Crippen LogP contribution is 2.22. The Hall–Kier alpha value is -1.56. The summed E-state index contributed by atoms with van der Waals surface area (Å²) in [5.74, 6) is -1.87. The van der Waals surface area contributed by atoms with E-state index in [4.69, 9.17) is 5.11 Å². The summed E-state index contributed by atoms with van der Waals surface area (Å²) in [5.41, 5.74) is 0.0561. The molecule has 0 spiro atoms. The molecule has 0 aliphatic heterocycles. The molecule has 18 heavy (non-hydrogen) atoms.